The van der Waals surface area contributed by atoms with Crippen LogP contribution in [0, 0.1) is 0 Å². The van der Waals surface area contributed by atoms with Gasteiger partial charge in [-0.25, -0.2) is 4.98 Å². The van der Waals surface area contributed by atoms with E-state index in [-0.39, 0.29) is 5.79 Å². The normalized spacial score (nSPS) is 8.67. The monoisotopic (exact) mass is 79.0 g/mol. The third kappa shape index (κ3) is 0.430. The van der Waals surface area contributed by atoms with E-state index in [0.29, 0.717) is 0 Å². The van der Waals surface area contributed by atoms with Crippen molar-refractivity contribution in [2.75, 3.05) is 0 Å². The highest BCUT2D eigenvalue weighted by Gasteiger charge is 1.77. The molecule has 0 saturated carbocycles. The van der Waals surface area contributed by atoms with E-state index in [9.17, 15) is 0 Å². The summed E-state index contributed by atoms with van der Waals surface area (Å²) in [5, 5.41) is 0. The molecule has 0 amide bonds. The topological polar surface area (TPSA) is 26.0 Å². The van der Waals surface area contributed by atoms with Gasteiger partial charge in [0, 0.05) is 0 Å². The van der Waals surface area contributed by atoms with E-state index in [2.05, 4.69) is 9.40 Å². The fourth-order valence-corrected chi connectivity index (χ4v) is 0.234. The van der Waals surface area contributed by atoms with Gasteiger partial charge in [-0.15, -0.1) is 0 Å². The van der Waals surface area contributed by atoms with Crippen molar-refractivity contribution in [2.24, 2.45) is 0 Å². The zero-order valence-electron chi connectivity index (χ0n) is 3.09. The van der Waals surface area contributed by atoms with Crippen LogP contribution in [-0.4, -0.2) is 12.8 Å². The molecule has 1 aromatic rings. The number of nitrogens with zero attached hydrogens (tertiary/aromatic N) is 1. The molecule has 28 valence electrons. The van der Waals surface area contributed by atoms with E-state index in [1.807, 2.05) is 0 Å². The van der Waals surface area contributed by atoms with Gasteiger partial charge in [0.25, 0.3) is 0 Å². The maximum absolute atomic E-state index is 5.00. The van der Waals surface area contributed by atoms with Gasteiger partial charge < -0.3 is 4.42 Å². The largest absolute Gasteiger partial charge is 0.461 e. The molecule has 0 aliphatic rings. The van der Waals surface area contributed by atoms with Crippen LogP contribution >= 0.6 is 0 Å². The summed E-state index contributed by atoms with van der Waals surface area (Å²) in [4.78, 5) is 3.53. The van der Waals surface area contributed by atoms with Crippen LogP contribution in [0.25, 0.3) is 0 Å². The van der Waals surface area contributed by atoms with Gasteiger partial charge in [-0.1, -0.05) is 0 Å². The molecule has 0 aliphatic carbocycles. The van der Waals surface area contributed by atoms with Crippen LogP contribution in [0.3, 0.4) is 0 Å². The van der Waals surface area contributed by atoms with Gasteiger partial charge in [-0.3, -0.25) is 0 Å². The Balaban J connectivity index is 3.05. The van der Waals surface area contributed by atoms with Crippen molar-refractivity contribution >= 4 is 13.6 Å². The lowest BCUT2D eigenvalue weighted by Gasteiger charge is -1.67. The first kappa shape index (κ1) is 3.46. The highest BCUT2D eigenvalue weighted by Crippen LogP contribution is 1.68. The van der Waals surface area contributed by atoms with Crippen LogP contribution in [-0.2, 0) is 0 Å². The van der Waals surface area contributed by atoms with Crippen molar-refractivity contribution in [1.82, 2.24) is 4.98 Å². The average Bonchev–Trinajstić information content (AvgIpc) is 1.86. The van der Waals surface area contributed by atoms with E-state index in [1.165, 1.54) is 12.5 Å². The van der Waals surface area contributed by atoms with Crippen LogP contribution in [0.5, 0.6) is 0 Å². The van der Waals surface area contributed by atoms with Crippen molar-refractivity contribution in [3.8, 4) is 0 Å². The summed E-state index contributed by atoms with van der Waals surface area (Å²) in [6.07, 6.45) is 2.92. The Morgan fingerprint density at radius 3 is 2.83 bits per heavy atom. The number of oxazole rings is 1. The predicted molar refractivity (Wildman–Crippen MR) is 21.9 cm³/mol. The fraction of sp³-hybridized carbons (Fsp3) is 0. The Hall–Kier alpha value is -0.725. The van der Waals surface area contributed by atoms with Crippen molar-refractivity contribution in [2.45, 2.75) is 0 Å². The minimum atomic E-state index is 0.218. The molecule has 3 heteroatoms. The van der Waals surface area contributed by atoms with Gasteiger partial charge in [0.1, 0.15) is 12.1 Å². The second-order valence-electron chi connectivity index (χ2n) is 0.870. The van der Waals surface area contributed by atoms with Gasteiger partial charge in [0.2, 0.25) is 0 Å². The lowest BCUT2D eigenvalue weighted by atomic mass is 10.2. The molecule has 0 fully saturated rings. The Morgan fingerprint density at radius 2 is 2.67 bits per heavy atom. The van der Waals surface area contributed by atoms with Crippen LogP contribution < -0.4 is 5.79 Å². The molecule has 0 atom stereocenters. The van der Waals surface area contributed by atoms with Crippen molar-refractivity contribution in [3.63, 3.8) is 0 Å². The molecule has 0 saturated heterocycles. The Labute approximate surface area is 36.6 Å². The molecule has 2 nitrogen and oxygen atoms in total. The SMILES string of the molecule is [B]c1ncco1. The van der Waals surface area contributed by atoms with Gasteiger partial charge in [0.15, 0.2) is 7.85 Å². The molecule has 0 spiro atoms. The molecule has 0 bridgehead atoms. The summed E-state index contributed by atoms with van der Waals surface area (Å²) >= 11 is 0. The Bertz CT molecular complexity index is 114. The lowest BCUT2D eigenvalue weighted by molar-refractivity contribution is 0.596. The van der Waals surface area contributed by atoms with Crippen LogP contribution in [0.1, 0.15) is 0 Å². The average molecular weight is 78.9 g/mol. The zero-order chi connectivity index (χ0) is 4.41. The Morgan fingerprint density at radius 1 is 1.83 bits per heavy atom. The molecule has 6 heavy (non-hydrogen) atoms. The number of aromatic nitrogens is 1. The van der Waals surface area contributed by atoms with E-state index < -0.39 is 0 Å². The summed E-state index contributed by atoms with van der Waals surface area (Å²) in [5.74, 6) is 0.218. The number of hydrogen-bond acceptors (Lipinski definition) is 2. The highest BCUT2D eigenvalue weighted by molar-refractivity contribution is 6.28. The minimum Gasteiger partial charge on any atom is -0.461 e. The first-order chi connectivity index (χ1) is 2.89. The van der Waals surface area contributed by atoms with Crippen molar-refractivity contribution in [3.05, 3.63) is 12.5 Å². The molecule has 0 N–H and O–H groups in total. The molecular formula is C3H2BNO. The second kappa shape index (κ2) is 1.16. The maximum atomic E-state index is 5.00. The highest BCUT2D eigenvalue weighted by atomic mass is 16.3. The molecular weight excluding hydrogens is 76.9 g/mol. The molecule has 0 aromatic carbocycles. The molecule has 2 radical (unpaired) electrons. The third-order valence-electron chi connectivity index (χ3n) is 0.451. The summed E-state index contributed by atoms with van der Waals surface area (Å²) in [5.41, 5.74) is 0. The van der Waals surface area contributed by atoms with E-state index in [1.54, 1.807) is 0 Å². The smallest absolute Gasteiger partial charge is 0.197 e. The van der Waals surface area contributed by atoms with Crippen molar-refractivity contribution in [1.29, 1.82) is 0 Å². The Kier molecular flexibility index (Phi) is 0.672. The summed E-state index contributed by atoms with van der Waals surface area (Å²) in [6, 6.07) is 0. The summed E-state index contributed by atoms with van der Waals surface area (Å²) in [7, 11) is 5.00. The molecule has 1 heterocycles. The standard InChI is InChI=1S/C3H2BNO/c4-3-5-1-2-6-3/h1-2H. The zero-order valence-corrected chi connectivity index (χ0v) is 3.09. The van der Waals surface area contributed by atoms with Gasteiger partial charge in [-0.05, 0) is 0 Å². The van der Waals surface area contributed by atoms with E-state index >= 15 is 0 Å². The molecule has 0 unspecified atom stereocenters. The number of rotatable bonds is 0. The lowest BCUT2D eigenvalue weighted by Crippen LogP contribution is -1.98. The first-order valence-corrected chi connectivity index (χ1v) is 1.54. The van der Waals surface area contributed by atoms with Crippen LogP contribution in [0.2, 0.25) is 0 Å². The number of hydrogen-bond donors (Lipinski definition) is 0. The van der Waals surface area contributed by atoms with E-state index in [4.69, 9.17) is 7.85 Å². The first-order valence-electron chi connectivity index (χ1n) is 1.54. The molecule has 1 aromatic heterocycles. The van der Waals surface area contributed by atoms with Crippen LogP contribution in [0.4, 0.5) is 0 Å². The molecule has 0 aliphatic heterocycles. The van der Waals surface area contributed by atoms with Crippen molar-refractivity contribution < 1.29 is 4.42 Å². The summed E-state index contributed by atoms with van der Waals surface area (Å²) in [6.45, 7) is 0. The summed E-state index contributed by atoms with van der Waals surface area (Å²) < 4.78 is 4.50. The van der Waals surface area contributed by atoms with Crippen LogP contribution in [0.15, 0.2) is 16.9 Å². The van der Waals surface area contributed by atoms with E-state index in [0.717, 1.165) is 0 Å². The second-order valence-corrected chi connectivity index (χ2v) is 0.870. The third-order valence-corrected chi connectivity index (χ3v) is 0.451. The molecule has 1 rings (SSSR count). The maximum Gasteiger partial charge on any atom is 0.197 e. The van der Waals surface area contributed by atoms with Gasteiger partial charge in [-0.2, -0.15) is 0 Å². The quantitative estimate of drug-likeness (QED) is 0.390. The fourth-order valence-electron chi connectivity index (χ4n) is 0.234. The predicted octanol–water partition coefficient (Wildman–Crippen LogP) is -0.532. The van der Waals surface area contributed by atoms with Gasteiger partial charge in [0.05, 0.1) is 6.20 Å². The minimum absolute atomic E-state index is 0.218. The van der Waals surface area contributed by atoms with Gasteiger partial charge >= 0.3 is 0 Å².